The standard InChI is InChI=1S/C5H5F3N2O3S/c6-5(7,8)14(11,12)13-10-4-2-1-3-9-10/h1-4,9H. The van der Waals surface area contributed by atoms with Gasteiger partial charge in [-0.2, -0.15) is 26.8 Å². The highest BCUT2D eigenvalue weighted by Gasteiger charge is 2.49. The zero-order chi connectivity index (χ0) is 10.8. The molecule has 0 spiro atoms. The lowest BCUT2D eigenvalue weighted by molar-refractivity contribution is -0.0948. The van der Waals surface area contributed by atoms with E-state index in [1.54, 1.807) is 0 Å². The molecule has 1 N–H and O–H groups in total. The van der Waals surface area contributed by atoms with Crippen molar-refractivity contribution in [3.05, 3.63) is 24.6 Å². The minimum Gasteiger partial charge on any atom is -0.281 e. The summed E-state index contributed by atoms with van der Waals surface area (Å²) in [6.07, 6.45) is 4.91. The van der Waals surface area contributed by atoms with Gasteiger partial charge in [0.1, 0.15) is 0 Å². The third-order valence-electron chi connectivity index (χ3n) is 1.09. The van der Waals surface area contributed by atoms with E-state index >= 15 is 0 Å². The van der Waals surface area contributed by atoms with Crippen LogP contribution in [0.25, 0.3) is 0 Å². The van der Waals surface area contributed by atoms with Crippen molar-refractivity contribution in [3.63, 3.8) is 0 Å². The zero-order valence-electron chi connectivity index (χ0n) is 6.52. The van der Waals surface area contributed by atoms with Crippen LogP contribution in [0, 0.1) is 0 Å². The molecule has 1 aliphatic heterocycles. The molecule has 0 saturated carbocycles. The summed E-state index contributed by atoms with van der Waals surface area (Å²) in [6, 6.07) is 0. The van der Waals surface area contributed by atoms with Gasteiger partial charge in [0.15, 0.2) is 0 Å². The molecule has 0 saturated heterocycles. The molecule has 1 aliphatic rings. The van der Waals surface area contributed by atoms with Gasteiger partial charge in [0, 0.05) is 6.20 Å². The molecule has 0 radical (unpaired) electrons. The van der Waals surface area contributed by atoms with Gasteiger partial charge >= 0.3 is 15.6 Å². The van der Waals surface area contributed by atoms with Crippen molar-refractivity contribution in [2.24, 2.45) is 0 Å². The van der Waals surface area contributed by atoms with Crippen molar-refractivity contribution in [1.29, 1.82) is 0 Å². The van der Waals surface area contributed by atoms with Gasteiger partial charge in [-0.05, 0) is 12.2 Å². The Balaban J connectivity index is 2.70. The first-order valence-corrected chi connectivity index (χ1v) is 4.63. The Bertz CT molecular complexity index is 359. The predicted octanol–water partition coefficient (Wildman–Crippen LogP) is 0.615. The molecule has 9 heteroatoms. The number of alkyl halides is 3. The van der Waals surface area contributed by atoms with Crippen LogP contribution in [0.2, 0.25) is 0 Å². The van der Waals surface area contributed by atoms with Gasteiger partial charge in [0.05, 0.1) is 6.20 Å². The van der Waals surface area contributed by atoms with Gasteiger partial charge < -0.3 is 0 Å². The average Bonchev–Trinajstić information content (AvgIpc) is 2.03. The summed E-state index contributed by atoms with van der Waals surface area (Å²) in [6.45, 7) is 0. The Kier molecular flexibility index (Phi) is 2.71. The number of rotatable bonds is 2. The highest BCUT2D eigenvalue weighted by molar-refractivity contribution is 7.87. The molecule has 0 bridgehead atoms. The van der Waals surface area contributed by atoms with Gasteiger partial charge in [0.2, 0.25) is 0 Å². The Morgan fingerprint density at radius 3 is 2.36 bits per heavy atom. The summed E-state index contributed by atoms with van der Waals surface area (Å²) >= 11 is 0. The number of nitrogens with zero attached hydrogens (tertiary/aromatic N) is 1. The summed E-state index contributed by atoms with van der Waals surface area (Å²) in [4.78, 5) is 0. The van der Waals surface area contributed by atoms with E-state index in [0.29, 0.717) is 5.17 Å². The maximum Gasteiger partial charge on any atom is 0.525 e. The number of hydroxylamine groups is 1. The molecule has 0 aromatic heterocycles. The summed E-state index contributed by atoms with van der Waals surface area (Å²) in [5.41, 5.74) is -3.33. The monoisotopic (exact) mass is 230 g/mol. The van der Waals surface area contributed by atoms with Crippen LogP contribution in [0.1, 0.15) is 0 Å². The van der Waals surface area contributed by atoms with Gasteiger partial charge in [-0.25, -0.2) is 0 Å². The van der Waals surface area contributed by atoms with Crippen molar-refractivity contribution in [2.75, 3.05) is 0 Å². The first-order chi connectivity index (χ1) is 6.33. The smallest absolute Gasteiger partial charge is 0.281 e. The van der Waals surface area contributed by atoms with Gasteiger partial charge in [-0.1, -0.05) is 0 Å². The van der Waals surface area contributed by atoms with Crippen molar-refractivity contribution in [1.82, 2.24) is 10.6 Å². The number of nitrogens with one attached hydrogen (secondary N) is 1. The Morgan fingerprint density at radius 2 is 1.93 bits per heavy atom. The van der Waals surface area contributed by atoms with E-state index in [4.69, 9.17) is 0 Å². The molecule has 14 heavy (non-hydrogen) atoms. The number of hydrogen-bond acceptors (Lipinski definition) is 5. The second-order valence-electron chi connectivity index (χ2n) is 2.13. The van der Waals surface area contributed by atoms with Gasteiger partial charge in [-0.15, -0.1) is 4.28 Å². The second kappa shape index (κ2) is 3.50. The van der Waals surface area contributed by atoms with E-state index in [1.807, 2.05) is 0 Å². The van der Waals surface area contributed by atoms with Crippen LogP contribution in [0.4, 0.5) is 13.2 Å². The van der Waals surface area contributed by atoms with Crippen LogP contribution in [0.15, 0.2) is 24.6 Å². The zero-order valence-corrected chi connectivity index (χ0v) is 7.34. The van der Waals surface area contributed by atoms with Crippen LogP contribution >= 0.6 is 0 Å². The van der Waals surface area contributed by atoms with Crippen molar-refractivity contribution in [3.8, 4) is 0 Å². The molecule has 5 nitrogen and oxygen atoms in total. The lowest BCUT2D eigenvalue weighted by atomic mass is 10.5. The van der Waals surface area contributed by atoms with Gasteiger partial charge in [0.25, 0.3) is 0 Å². The van der Waals surface area contributed by atoms with Crippen LogP contribution in [0.3, 0.4) is 0 Å². The van der Waals surface area contributed by atoms with Crippen LogP contribution in [0.5, 0.6) is 0 Å². The predicted molar refractivity (Wildman–Crippen MR) is 39.3 cm³/mol. The molecule has 0 atom stereocenters. The fourth-order valence-corrected chi connectivity index (χ4v) is 0.926. The molecule has 1 rings (SSSR count). The fourth-order valence-electron chi connectivity index (χ4n) is 0.537. The molecule has 0 aliphatic carbocycles. The second-order valence-corrected chi connectivity index (χ2v) is 3.65. The Labute approximate surface area is 77.5 Å². The van der Waals surface area contributed by atoms with Crippen LogP contribution in [-0.4, -0.2) is 19.1 Å². The molecular weight excluding hydrogens is 225 g/mol. The molecule has 0 amide bonds. The molecular formula is C5H5F3N2O3S. The highest BCUT2D eigenvalue weighted by atomic mass is 32.2. The Morgan fingerprint density at radius 1 is 1.29 bits per heavy atom. The lowest BCUT2D eigenvalue weighted by Crippen LogP contribution is -2.38. The average molecular weight is 230 g/mol. The molecule has 80 valence electrons. The maximum atomic E-state index is 11.8. The number of allylic oxidation sites excluding steroid dienone is 2. The molecule has 0 fully saturated rings. The van der Waals surface area contributed by atoms with E-state index < -0.39 is 15.6 Å². The number of hydrogen-bond donors (Lipinski definition) is 1. The topological polar surface area (TPSA) is 58.6 Å². The number of hydrazine groups is 1. The number of halogens is 3. The van der Waals surface area contributed by atoms with Crippen LogP contribution < -0.4 is 5.43 Å². The summed E-state index contributed by atoms with van der Waals surface area (Å²) in [5, 5.41) is 0.322. The molecule has 0 aromatic rings. The summed E-state index contributed by atoms with van der Waals surface area (Å²) in [7, 11) is -5.62. The van der Waals surface area contributed by atoms with E-state index in [0.717, 1.165) is 6.20 Å². The molecule has 1 heterocycles. The highest BCUT2D eigenvalue weighted by Crippen LogP contribution is 2.25. The fraction of sp³-hybridized carbons (Fsp3) is 0.200. The van der Waals surface area contributed by atoms with Crippen molar-refractivity contribution < 1.29 is 25.9 Å². The van der Waals surface area contributed by atoms with Crippen molar-refractivity contribution in [2.45, 2.75) is 5.51 Å². The third-order valence-corrected chi connectivity index (χ3v) is 2.02. The maximum absolute atomic E-state index is 11.8. The first-order valence-electron chi connectivity index (χ1n) is 3.22. The quantitative estimate of drug-likeness (QED) is 0.704. The molecule has 0 aromatic carbocycles. The van der Waals surface area contributed by atoms with Gasteiger partial charge in [-0.3, -0.25) is 5.43 Å². The van der Waals surface area contributed by atoms with Crippen LogP contribution in [-0.2, 0) is 14.4 Å². The van der Waals surface area contributed by atoms with E-state index in [1.165, 1.54) is 18.4 Å². The van der Waals surface area contributed by atoms with E-state index in [2.05, 4.69) is 9.71 Å². The summed E-state index contributed by atoms with van der Waals surface area (Å²) in [5.74, 6) is 0. The normalized spacial score (nSPS) is 16.9. The largest absolute Gasteiger partial charge is 0.525 e. The third kappa shape index (κ3) is 2.39. The minimum atomic E-state index is -5.62. The minimum absolute atomic E-state index is 0.322. The Hall–Kier alpha value is -1.22. The molecule has 0 unspecified atom stereocenters. The van der Waals surface area contributed by atoms with Crippen molar-refractivity contribution >= 4 is 10.1 Å². The summed E-state index contributed by atoms with van der Waals surface area (Å²) < 4.78 is 59.9. The van der Waals surface area contributed by atoms with E-state index in [9.17, 15) is 21.6 Å². The SMILES string of the molecule is O=S(=O)(ON1C=CC=CN1)C(F)(F)F. The lowest BCUT2D eigenvalue weighted by Gasteiger charge is -2.20. The van der Waals surface area contributed by atoms with E-state index in [-0.39, 0.29) is 0 Å². The first kappa shape index (κ1) is 10.9.